The predicted molar refractivity (Wildman–Crippen MR) is 35.7 cm³/mol. The summed E-state index contributed by atoms with van der Waals surface area (Å²) in [6.45, 7) is 0.938. The Labute approximate surface area is 61.5 Å². The molecular weight excluding hydrogens is 280 g/mol. The van der Waals surface area contributed by atoms with E-state index in [1.54, 1.807) is 0 Å². The fourth-order valence-corrected chi connectivity index (χ4v) is 0. The lowest BCUT2D eigenvalue weighted by Crippen LogP contribution is -1.96. The third-order valence-electron chi connectivity index (χ3n) is 0.146. The maximum atomic E-state index is 8.14. The van der Waals surface area contributed by atoms with Crippen LogP contribution in [0.4, 0.5) is 0 Å². The molecule has 0 saturated heterocycles. The van der Waals surface area contributed by atoms with Crippen LogP contribution in [0.1, 0.15) is 0 Å². The number of hydrogen-bond acceptors (Lipinski definition) is 1. The Morgan fingerprint density at radius 1 is 1.33 bits per heavy atom. The molecule has 1 N–H and O–H groups in total. The van der Waals surface area contributed by atoms with Crippen LogP contribution in [0.25, 0.3) is 0 Å². The molecule has 1 nitrogen and oxygen atoms in total. The van der Waals surface area contributed by atoms with Gasteiger partial charge in [0.05, 0.1) is 0 Å². The Kier molecular flexibility index (Phi) is 3.26. The van der Waals surface area contributed by atoms with Gasteiger partial charge in [0.1, 0.15) is 6.61 Å². The van der Waals surface area contributed by atoms with Gasteiger partial charge in [-0.3, -0.25) is 0 Å². The van der Waals surface area contributed by atoms with Crippen molar-refractivity contribution in [2.45, 2.75) is 2.14 Å². The van der Waals surface area contributed by atoms with Crippen LogP contribution in [0.2, 0.25) is 0 Å². The van der Waals surface area contributed by atoms with Crippen LogP contribution < -0.4 is 0 Å². The number of rotatable bonds is 0. The molecule has 1 radical (unpaired) electrons. The maximum absolute atomic E-state index is 8.14. The Morgan fingerprint density at radius 2 is 1.50 bits per heavy atom. The second kappa shape index (κ2) is 2.64. The number of hydrogen-bond donors (Lipinski definition) is 1. The topological polar surface area (TPSA) is 20.2 Å². The van der Waals surface area contributed by atoms with Gasteiger partial charge in [0.2, 0.25) is 0 Å². The van der Waals surface area contributed by atoms with Crippen molar-refractivity contribution >= 4 is 47.8 Å². The molecule has 0 fully saturated rings. The van der Waals surface area contributed by atoms with E-state index in [1.165, 1.54) is 0 Å². The van der Waals surface area contributed by atoms with E-state index in [0.717, 1.165) is 6.61 Å². The zero-order valence-electron chi connectivity index (χ0n) is 2.66. The molecule has 0 heterocycles. The zero-order chi connectivity index (χ0) is 5.21. The van der Waals surface area contributed by atoms with Crippen molar-refractivity contribution in [1.29, 1.82) is 0 Å². The van der Waals surface area contributed by atoms with Crippen molar-refractivity contribution in [3.8, 4) is 0 Å². The van der Waals surface area contributed by atoms with Gasteiger partial charge < -0.3 is 5.11 Å². The highest BCUT2D eigenvalue weighted by atomic mass is 80.0. The fraction of sp³-hybridized carbons (Fsp3) is 0.500. The van der Waals surface area contributed by atoms with Gasteiger partial charge in [-0.1, -0.05) is 47.8 Å². The molecular formula is C2H2Br3O. The maximum Gasteiger partial charge on any atom is 0.163 e. The lowest BCUT2D eigenvalue weighted by atomic mass is 10.9. The van der Waals surface area contributed by atoms with E-state index < -0.39 is 2.14 Å². The van der Waals surface area contributed by atoms with Crippen LogP contribution in [0.3, 0.4) is 0 Å². The minimum atomic E-state index is -0.590. The molecule has 4 heteroatoms. The van der Waals surface area contributed by atoms with E-state index in [2.05, 4.69) is 47.8 Å². The zero-order valence-corrected chi connectivity index (χ0v) is 7.42. The molecule has 0 aromatic heterocycles. The lowest BCUT2D eigenvalue weighted by molar-refractivity contribution is 0.397. The highest BCUT2D eigenvalue weighted by Crippen LogP contribution is 2.34. The number of halogens is 3. The minimum absolute atomic E-state index is 0.590. The first kappa shape index (κ1) is 7.40. The minimum Gasteiger partial charge on any atom is -0.387 e. The summed E-state index contributed by atoms with van der Waals surface area (Å²) in [4.78, 5) is 0. The van der Waals surface area contributed by atoms with Crippen molar-refractivity contribution in [3.05, 3.63) is 6.61 Å². The molecule has 6 heavy (non-hydrogen) atoms. The third-order valence-corrected chi connectivity index (χ3v) is 0.761. The van der Waals surface area contributed by atoms with Crippen molar-refractivity contribution in [3.63, 3.8) is 0 Å². The van der Waals surface area contributed by atoms with Gasteiger partial charge in [0.15, 0.2) is 2.14 Å². The van der Waals surface area contributed by atoms with Crippen LogP contribution in [-0.2, 0) is 0 Å². The molecule has 0 spiro atoms. The molecule has 0 aromatic carbocycles. The Hall–Kier alpha value is 1.40. The molecule has 0 saturated carbocycles. The lowest BCUT2D eigenvalue weighted by Gasteiger charge is -2.02. The van der Waals surface area contributed by atoms with Crippen LogP contribution in [-0.4, -0.2) is 7.25 Å². The van der Waals surface area contributed by atoms with Crippen LogP contribution in [0, 0.1) is 6.61 Å². The normalized spacial score (nSPS) is 12.0. The molecule has 0 aliphatic heterocycles. The largest absolute Gasteiger partial charge is 0.387 e. The highest BCUT2D eigenvalue weighted by Gasteiger charge is 2.14. The van der Waals surface area contributed by atoms with Crippen molar-refractivity contribution in [1.82, 2.24) is 0 Å². The molecule has 0 aromatic rings. The first-order valence-electron chi connectivity index (χ1n) is 1.11. The van der Waals surface area contributed by atoms with Crippen LogP contribution >= 0.6 is 47.8 Å². The summed E-state index contributed by atoms with van der Waals surface area (Å²) < 4.78 is -0.590. The van der Waals surface area contributed by atoms with E-state index in [4.69, 9.17) is 5.11 Å². The Bertz CT molecular complexity index is 38.5. The van der Waals surface area contributed by atoms with Crippen LogP contribution in [0.5, 0.6) is 0 Å². The average molecular weight is 282 g/mol. The van der Waals surface area contributed by atoms with E-state index >= 15 is 0 Å². The molecule has 0 rings (SSSR count). The first-order valence-corrected chi connectivity index (χ1v) is 3.49. The van der Waals surface area contributed by atoms with Gasteiger partial charge >= 0.3 is 0 Å². The van der Waals surface area contributed by atoms with Crippen LogP contribution in [0.15, 0.2) is 0 Å². The van der Waals surface area contributed by atoms with E-state index in [1.807, 2.05) is 0 Å². The molecule has 0 aliphatic rings. The SMILES string of the molecule is O[CH]C(Br)(Br)Br. The van der Waals surface area contributed by atoms with Gasteiger partial charge in [-0.05, 0) is 0 Å². The Balaban J connectivity index is 3.17. The molecule has 0 amide bonds. The number of aliphatic hydroxyl groups excluding tert-OH is 1. The molecule has 0 unspecified atom stereocenters. The second-order valence-corrected chi connectivity index (χ2v) is 7.62. The molecule has 0 atom stereocenters. The predicted octanol–water partition coefficient (Wildman–Crippen LogP) is 2.36. The van der Waals surface area contributed by atoms with Crippen molar-refractivity contribution in [2.24, 2.45) is 0 Å². The van der Waals surface area contributed by atoms with Gasteiger partial charge in [-0.15, -0.1) is 0 Å². The molecule has 0 bridgehead atoms. The fourth-order valence-electron chi connectivity index (χ4n) is 0. The van der Waals surface area contributed by atoms with Crippen molar-refractivity contribution < 1.29 is 5.11 Å². The van der Waals surface area contributed by atoms with E-state index in [0.29, 0.717) is 0 Å². The first-order chi connectivity index (χ1) is 2.56. The van der Waals surface area contributed by atoms with E-state index in [-0.39, 0.29) is 0 Å². The second-order valence-electron chi connectivity index (χ2n) is 0.671. The summed E-state index contributed by atoms with van der Waals surface area (Å²) in [5.41, 5.74) is 0. The van der Waals surface area contributed by atoms with Gasteiger partial charge in [0, 0.05) is 0 Å². The van der Waals surface area contributed by atoms with Crippen molar-refractivity contribution in [2.75, 3.05) is 0 Å². The summed E-state index contributed by atoms with van der Waals surface area (Å²) in [5.74, 6) is 0. The summed E-state index contributed by atoms with van der Waals surface area (Å²) in [7, 11) is 0. The molecule has 0 aliphatic carbocycles. The highest BCUT2D eigenvalue weighted by molar-refractivity contribution is 9.39. The monoisotopic (exact) mass is 279 g/mol. The standard InChI is InChI=1S/C2H2Br3O/c3-2(4,5)1-6/h1,6H. The number of aliphatic hydroxyl groups is 1. The summed E-state index contributed by atoms with van der Waals surface area (Å²) >= 11 is 9.02. The van der Waals surface area contributed by atoms with E-state index in [9.17, 15) is 0 Å². The van der Waals surface area contributed by atoms with Gasteiger partial charge in [-0.25, -0.2) is 0 Å². The average Bonchev–Trinajstić information content (AvgIpc) is 1.35. The number of alkyl halides is 3. The smallest absolute Gasteiger partial charge is 0.163 e. The summed E-state index contributed by atoms with van der Waals surface area (Å²) in [6.07, 6.45) is 0. The summed E-state index contributed by atoms with van der Waals surface area (Å²) in [5, 5.41) is 8.14. The summed E-state index contributed by atoms with van der Waals surface area (Å²) in [6, 6.07) is 0. The third kappa shape index (κ3) is 5.40. The quantitative estimate of drug-likeness (QED) is 0.676. The van der Waals surface area contributed by atoms with Gasteiger partial charge in [0.25, 0.3) is 0 Å². The van der Waals surface area contributed by atoms with Gasteiger partial charge in [-0.2, -0.15) is 0 Å². The Morgan fingerprint density at radius 3 is 1.50 bits per heavy atom. The molecule has 37 valence electrons.